The SMILES string of the molecule is CCOCc1oc(C)c(Br)c(=O)c1C(=O)Nc1c(CC)cc(Br)cc1CC. The lowest BCUT2D eigenvalue weighted by Crippen LogP contribution is -2.26. The molecule has 0 saturated carbocycles. The molecule has 5 nitrogen and oxygen atoms in total. The van der Waals surface area contributed by atoms with Crippen LogP contribution in [0.3, 0.4) is 0 Å². The number of rotatable bonds is 7. The summed E-state index contributed by atoms with van der Waals surface area (Å²) < 4.78 is 12.3. The first-order valence-corrected chi connectivity index (χ1v) is 10.4. The zero-order chi connectivity index (χ0) is 20.1. The normalized spacial score (nSPS) is 10.9. The summed E-state index contributed by atoms with van der Waals surface area (Å²) in [6.45, 7) is 8.06. The lowest BCUT2D eigenvalue weighted by atomic mass is 10.0. The first-order valence-electron chi connectivity index (χ1n) is 8.86. The Bertz CT molecular complexity index is 881. The average molecular weight is 501 g/mol. The van der Waals surface area contributed by atoms with Crippen LogP contribution in [0.5, 0.6) is 0 Å². The molecule has 0 aliphatic rings. The summed E-state index contributed by atoms with van der Waals surface area (Å²) in [6, 6.07) is 3.95. The number of carbonyl (C=O) groups is 1. The van der Waals surface area contributed by atoms with Gasteiger partial charge in [0.15, 0.2) is 0 Å². The van der Waals surface area contributed by atoms with Crippen molar-refractivity contribution in [2.24, 2.45) is 0 Å². The van der Waals surface area contributed by atoms with Gasteiger partial charge in [0.05, 0.1) is 0 Å². The molecule has 1 amide bonds. The van der Waals surface area contributed by atoms with E-state index >= 15 is 0 Å². The molecule has 0 atom stereocenters. The monoisotopic (exact) mass is 499 g/mol. The van der Waals surface area contributed by atoms with E-state index in [9.17, 15) is 9.59 Å². The summed E-state index contributed by atoms with van der Waals surface area (Å²) >= 11 is 6.73. The number of benzene rings is 1. The van der Waals surface area contributed by atoms with Crippen molar-refractivity contribution in [1.29, 1.82) is 0 Å². The minimum absolute atomic E-state index is 0.0343. The molecule has 0 aliphatic carbocycles. The standard InChI is InChI=1S/C20H23Br2NO4/c1-5-12-8-14(21)9-13(6-2)18(12)23-20(25)16-15(10-26-7-3)27-11(4)17(22)19(16)24/h8-9H,5-7,10H2,1-4H3,(H,23,25). The van der Waals surface area contributed by atoms with Gasteiger partial charge in [-0.2, -0.15) is 0 Å². The van der Waals surface area contributed by atoms with Crippen LogP contribution in [0.15, 0.2) is 30.3 Å². The number of ether oxygens (including phenoxy) is 1. The van der Waals surface area contributed by atoms with E-state index in [1.165, 1.54) is 0 Å². The summed E-state index contributed by atoms with van der Waals surface area (Å²) in [7, 11) is 0. The molecule has 1 aromatic carbocycles. The number of aryl methyl sites for hydroxylation is 3. The molecular weight excluding hydrogens is 478 g/mol. The number of carbonyl (C=O) groups excluding carboxylic acids is 1. The molecule has 0 bridgehead atoms. The first kappa shape index (κ1) is 21.9. The van der Waals surface area contributed by atoms with Crippen LogP contribution in [0.2, 0.25) is 0 Å². The fourth-order valence-electron chi connectivity index (χ4n) is 2.82. The van der Waals surface area contributed by atoms with E-state index in [0.717, 1.165) is 34.1 Å². The van der Waals surface area contributed by atoms with Crippen LogP contribution in [0.25, 0.3) is 0 Å². The zero-order valence-corrected chi connectivity index (χ0v) is 19.0. The van der Waals surface area contributed by atoms with Gasteiger partial charge in [-0.05, 0) is 65.9 Å². The van der Waals surface area contributed by atoms with E-state index in [-0.39, 0.29) is 22.4 Å². The Kier molecular flexibility index (Phi) is 7.82. The molecule has 0 fully saturated rings. The number of halogens is 2. The highest BCUT2D eigenvalue weighted by Crippen LogP contribution is 2.28. The minimum atomic E-state index is -0.495. The quantitative estimate of drug-likeness (QED) is 0.553. The highest BCUT2D eigenvalue weighted by molar-refractivity contribution is 9.10. The van der Waals surface area contributed by atoms with E-state index in [1.807, 2.05) is 32.9 Å². The van der Waals surface area contributed by atoms with Crippen LogP contribution in [0.1, 0.15) is 53.8 Å². The Labute approximate surface area is 175 Å². The molecule has 2 rings (SSSR count). The van der Waals surface area contributed by atoms with E-state index in [4.69, 9.17) is 9.15 Å². The molecular formula is C20H23Br2NO4. The van der Waals surface area contributed by atoms with Gasteiger partial charge in [0.2, 0.25) is 5.43 Å². The Balaban J connectivity index is 2.54. The van der Waals surface area contributed by atoms with Crippen molar-refractivity contribution in [1.82, 2.24) is 0 Å². The fraction of sp³-hybridized carbons (Fsp3) is 0.400. The van der Waals surface area contributed by atoms with Crippen molar-refractivity contribution in [3.63, 3.8) is 0 Å². The van der Waals surface area contributed by atoms with E-state index in [2.05, 4.69) is 37.2 Å². The number of hydrogen-bond donors (Lipinski definition) is 1. The lowest BCUT2D eigenvalue weighted by molar-refractivity contribution is 0.0982. The van der Waals surface area contributed by atoms with Gasteiger partial charge in [-0.25, -0.2) is 0 Å². The van der Waals surface area contributed by atoms with Gasteiger partial charge in [-0.1, -0.05) is 29.8 Å². The third-order valence-electron chi connectivity index (χ3n) is 4.22. The minimum Gasteiger partial charge on any atom is -0.462 e. The molecule has 0 aliphatic heterocycles. The Morgan fingerprint density at radius 1 is 1.15 bits per heavy atom. The topological polar surface area (TPSA) is 68.5 Å². The number of anilines is 1. The van der Waals surface area contributed by atoms with Gasteiger partial charge in [0.1, 0.15) is 28.2 Å². The van der Waals surface area contributed by atoms with Crippen LogP contribution in [0, 0.1) is 6.92 Å². The van der Waals surface area contributed by atoms with Crippen molar-refractivity contribution in [3.8, 4) is 0 Å². The van der Waals surface area contributed by atoms with E-state index < -0.39 is 11.3 Å². The molecule has 1 aromatic heterocycles. The van der Waals surface area contributed by atoms with Crippen molar-refractivity contribution >= 4 is 43.5 Å². The Hall–Kier alpha value is -1.44. The maximum atomic E-state index is 13.0. The molecule has 7 heteroatoms. The second-order valence-corrected chi connectivity index (χ2v) is 7.71. The van der Waals surface area contributed by atoms with Crippen LogP contribution in [0.4, 0.5) is 5.69 Å². The summed E-state index contributed by atoms with van der Waals surface area (Å²) in [5.41, 5.74) is 2.30. The summed E-state index contributed by atoms with van der Waals surface area (Å²) in [5, 5.41) is 2.93. The number of nitrogens with one attached hydrogen (secondary N) is 1. The molecule has 0 unspecified atom stereocenters. The summed E-state index contributed by atoms with van der Waals surface area (Å²) in [4.78, 5) is 25.8. The van der Waals surface area contributed by atoms with Gasteiger partial charge in [-0.15, -0.1) is 0 Å². The molecule has 0 spiro atoms. The predicted molar refractivity (Wildman–Crippen MR) is 114 cm³/mol. The fourth-order valence-corrected chi connectivity index (χ4v) is 3.65. The van der Waals surface area contributed by atoms with Crippen molar-refractivity contribution in [2.45, 2.75) is 47.1 Å². The highest BCUT2D eigenvalue weighted by atomic mass is 79.9. The van der Waals surface area contributed by atoms with E-state index in [0.29, 0.717) is 12.4 Å². The second kappa shape index (κ2) is 9.66. The first-order chi connectivity index (χ1) is 12.8. The average Bonchev–Trinajstić information content (AvgIpc) is 2.65. The Morgan fingerprint density at radius 2 is 1.74 bits per heavy atom. The van der Waals surface area contributed by atoms with Gasteiger partial charge < -0.3 is 14.5 Å². The summed E-state index contributed by atoms with van der Waals surface area (Å²) in [6.07, 6.45) is 1.50. The van der Waals surface area contributed by atoms with Crippen molar-refractivity contribution in [3.05, 3.63) is 59.5 Å². The van der Waals surface area contributed by atoms with Crippen LogP contribution in [-0.4, -0.2) is 12.5 Å². The molecule has 1 heterocycles. The highest BCUT2D eigenvalue weighted by Gasteiger charge is 2.23. The van der Waals surface area contributed by atoms with Crippen LogP contribution >= 0.6 is 31.9 Å². The molecule has 27 heavy (non-hydrogen) atoms. The number of hydrogen-bond acceptors (Lipinski definition) is 4. The van der Waals surface area contributed by atoms with Gasteiger partial charge in [0, 0.05) is 16.8 Å². The predicted octanol–water partition coefficient (Wildman–Crippen LogP) is 5.39. The van der Waals surface area contributed by atoms with Crippen LogP contribution in [-0.2, 0) is 24.2 Å². The molecule has 1 N–H and O–H groups in total. The third-order valence-corrected chi connectivity index (χ3v) is 5.60. The van der Waals surface area contributed by atoms with Crippen molar-refractivity contribution in [2.75, 3.05) is 11.9 Å². The zero-order valence-electron chi connectivity index (χ0n) is 15.9. The van der Waals surface area contributed by atoms with E-state index in [1.54, 1.807) is 6.92 Å². The molecule has 146 valence electrons. The third kappa shape index (κ3) is 4.89. The van der Waals surface area contributed by atoms with Gasteiger partial charge in [-0.3, -0.25) is 9.59 Å². The number of amides is 1. The maximum Gasteiger partial charge on any atom is 0.263 e. The molecule has 2 aromatic rings. The Morgan fingerprint density at radius 3 is 2.26 bits per heavy atom. The van der Waals surface area contributed by atoms with Gasteiger partial charge >= 0.3 is 0 Å². The largest absolute Gasteiger partial charge is 0.462 e. The van der Waals surface area contributed by atoms with Crippen LogP contribution < -0.4 is 10.7 Å². The van der Waals surface area contributed by atoms with Gasteiger partial charge in [0.25, 0.3) is 5.91 Å². The molecule has 0 saturated heterocycles. The lowest BCUT2D eigenvalue weighted by Gasteiger charge is -2.16. The second-order valence-electron chi connectivity index (χ2n) is 6.00. The molecule has 0 radical (unpaired) electrons. The van der Waals surface area contributed by atoms with Crippen molar-refractivity contribution < 1.29 is 13.9 Å². The smallest absolute Gasteiger partial charge is 0.263 e. The summed E-state index contributed by atoms with van der Waals surface area (Å²) in [5.74, 6) is 0.150. The maximum absolute atomic E-state index is 13.0.